The van der Waals surface area contributed by atoms with E-state index in [1.807, 2.05) is 30.7 Å². The maximum absolute atomic E-state index is 6.28. The molecule has 0 aliphatic rings. The molecule has 0 amide bonds. The number of para-hydroxylation sites is 1. The van der Waals surface area contributed by atoms with Gasteiger partial charge in [0.05, 0.1) is 23.2 Å². The molecule has 4 nitrogen and oxygen atoms in total. The van der Waals surface area contributed by atoms with Crippen LogP contribution in [0.3, 0.4) is 0 Å². The second-order valence-electron chi connectivity index (χ2n) is 5.22. The highest BCUT2D eigenvalue weighted by Crippen LogP contribution is 2.29. The Morgan fingerprint density at radius 1 is 1.38 bits per heavy atom. The van der Waals surface area contributed by atoms with Gasteiger partial charge < -0.3 is 14.6 Å². The third-order valence-electron chi connectivity index (χ3n) is 3.25. The van der Waals surface area contributed by atoms with Crippen LogP contribution < -0.4 is 10.1 Å². The number of hydrogen-bond acceptors (Lipinski definition) is 3. The van der Waals surface area contributed by atoms with Gasteiger partial charge in [-0.2, -0.15) is 0 Å². The molecule has 0 fully saturated rings. The highest BCUT2D eigenvalue weighted by Gasteiger charge is 2.10. The minimum Gasteiger partial charge on any atom is -0.485 e. The van der Waals surface area contributed by atoms with Crippen LogP contribution in [0, 0.1) is 0 Å². The Bertz CT molecular complexity index is 581. The highest BCUT2D eigenvalue weighted by atomic mass is 35.5. The van der Waals surface area contributed by atoms with Crippen LogP contribution in [0.5, 0.6) is 5.75 Å². The van der Waals surface area contributed by atoms with Crippen LogP contribution in [0.25, 0.3) is 0 Å². The summed E-state index contributed by atoms with van der Waals surface area (Å²) in [5, 5.41) is 4.03. The fourth-order valence-corrected chi connectivity index (χ4v) is 2.32. The molecule has 0 bridgehead atoms. The van der Waals surface area contributed by atoms with Gasteiger partial charge in [0.15, 0.2) is 0 Å². The van der Waals surface area contributed by atoms with Crippen molar-refractivity contribution in [2.75, 3.05) is 0 Å². The molecular formula is C16H22ClN3O. The molecule has 0 aliphatic carbocycles. The van der Waals surface area contributed by atoms with Gasteiger partial charge >= 0.3 is 0 Å². The number of aromatic nitrogens is 2. The van der Waals surface area contributed by atoms with Crippen molar-refractivity contribution < 1.29 is 4.74 Å². The molecule has 0 saturated carbocycles. The summed E-state index contributed by atoms with van der Waals surface area (Å²) in [5.41, 5.74) is 2.11. The summed E-state index contributed by atoms with van der Waals surface area (Å²) >= 11 is 6.28. The molecule has 5 heteroatoms. The van der Waals surface area contributed by atoms with Gasteiger partial charge in [-0.25, -0.2) is 4.98 Å². The normalized spacial score (nSPS) is 11.1. The SMILES string of the molecule is CCn1cncc1COc1c(Cl)cccc1CNC(C)C. The summed E-state index contributed by atoms with van der Waals surface area (Å²) in [4.78, 5) is 4.15. The molecule has 2 rings (SSSR count). The molecule has 2 aromatic rings. The van der Waals surface area contributed by atoms with E-state index in [-0.39, 0.29) is 0 Å². The lowest BCUT2D eigenvalue weighted by Crippen LogP contribution is -2.22. The predicted molar refractivity (Wildman–Crippen MR) is 85.7 cm³/mol. The predicted octanol–water partition coefficient (Wildman–Crippen LogP) is 3.63. The molecule has 1 aromatic carbocycles. The van der Waals surface area contributed by atoms with Crippen molar-refractivity contribution in [2.24, 2.45) is 0 Å². The second kappa shape index (κ2) is 7.48. The minimum atomic E-state index is 0.415. The van der Waals surface area contributed by atoms with Gasteiger partial charge in [0, 0.05) is 24.7 Å². The lowest BCUT2D eigenvalue weighted by atomic mass is 10.2. The van der Waals surface area contributed by atoms with Gasteiger partial charge in [0.25, 0.3) is 0 Å². The number of ether oxygens (including phenoxy) is 1. The van der Waals surface area contributed by atoms with Crippen molar-refractivity contribution in [3.05, 3.63) is 47.0 Å². The molecule has 0 aliphatic heterocycles. The number of nitrogens with zero attached hydrogens (tertiary/aromatic N) is 2. The Morgan fingerprint density at radius 2 is 2.19 bits per heavy atom. The lowest BCUT2D eigenvalue weighted by molar-refractivity contribution is 0.291. The van der Waals surface area contributed by atoms with Crippen molar-refractivity contribution in [3.8, 4) is 5.75 Å². The Balaban J connectivity index is 2.11. The number of rotatable bonds is 7. The van der Waals surface area contributed by atoms with Gasteiger partial charge in [-0.1, -0.05) is 37.6 Å². The number of imidazole rings is 1. The van der Waals surface area contributed by atoms with E-state index < -0.39 is 0 Å². The van der Waals surface area contributed by atoms with E-state index in [2.05, 4.69) is 35.6 Å². The molecule has 0 radical (unpaired) electrons. The first-order valence-electron chi connectivity index (χ1n) is 7.24. The Labute approximate surface area is 131 Å². The van der Waals surface area contributed by atoms with Gasteiger partial charge in [-0.3, -0.25) is 0 Å². The third-order valence-corrected chi connectivity index (χ3v) is 3.55. The van der Waals surface area contributed by atoms with Crippen LogP contribution in [-0.4, -0.2) is 15.6 Å². The van der Waals surface area contributed by atoms with Crippen LogP contribution in [0.2, 0.25) is 5.02 Å². The van der Waals surface area contributed by atoms with Crippen LogP contribution in [0.15, 0.2) is 30.7 Å². The summed E-state index contributed by atoms with van der Waals surface area (Å²) in [6, 6.07) is 6.25. The van der Waals surface area contributed by atoms with E-state index in [4.69, 9.17) is 16.3 Å². The molecule has 0 spiro atoms. The maximum Gasteiger partial charge on any atom is 0.142 e. The van der Waals surface area contributed by atoms with Crippen molar-refractivity contribution in [3.63, 3.8) is 0 Å². The largest absolute Gasteiger partial charge is 0.485 e. The molecule has 0 atom stereocenters. The Kier molecular flexibility index (Phi) is 5.65. The lowest BCUT2D eigenvalue weighted by Gasteiger charge is -2.15. The summed E-state index contributed by atoms with van der Waals surface area (Å²) in [6.45, 7) is 8.39. The number of hydrogen-bond donors (Lipinski definition) is 1. The maximum atomic E-state index is 6.28. The summed E-state index contributed by atoms with van der Waals surface area (Å²) in [6.07, 6.45) is 3.64. The molecule has 1 N–H and O–H groups in total. The van der Waals surface area contributed by atoms with E-state index in [9.17, 15) is 0 Å². The molecule has 0 saturated heterocycles. The average molecular weight is 308 g/mol. The first-order valence-corrected chi connectivity index (χ1v) is 7.62. The van der Waals surface area contributed by atoms with Crippen molar-refractivity contribution >= 4 is 11.6 Å². The van der Waals surface area contributed by atoms with E-state index in [0.717, 1.165) is 30.1 Å². The number of nitrogens with one attached hydrogen (secondary N) is 1. The Hall–Kier alpha value is -1.52. The molecule has 21 heavy (non-hydrogen) atoms. The summed E-state index contributed by atoms with van der Waals surface area (Å²) < 4.78 is 8.01. The van der Waals surface area contributed by atoms with Crippen LogP contribution in [-0.2, 0) is 19.7 Å². The molecule has 1 heterocycles. The van der Waals surface area contributed by atoms with Gasteiger partial charge in [-0.15, -0.1) is 0 Å². The van der Waals surface area contributed by atoms with Crippen LogP contribution in [0.1, 0.15) is 32.0 Å². The van der Waals surface area contributed by atoms with Gasteiger partial charge in [0.1, 0.15) is 12.4 Å². The minimum absolute atomic E-state index is 0.415. The summed E-state index contributed by atoms with van der Waals surface area (Å²) in [7, 11) is 0. The van der Waals surface area contributed by atoms with Gasteiger partial charge in [0.2, 0.25) is 0 Å². The topological polar surface area (TPSA) is 39.1 Å². The zero-order valence-electron chi connectivity index (χ0n) is 12.8. The number of halogens is 1. The zero-order chi connectivity index (χ0) is 15.2. The molecular weight excluding hydrogens is 286 g/mol. The van der Waals surface area contributed by atoms with Crippen LogP contribution >= 0.6 is 11.6 Å². The van der Waals surface area contributed by atoms with Crippen molar-refractivity contribution in [2.45, 2.75) is 46.5 Å². The molecule has 0 unspecified atom stereocenters. The highest BCUT2D eigenvalue weighted by molar-refractivity contribution is 6.32. The van der Waals surface area contributed by atoms with Crippen LogP contribution in [0.4, 0.5) is 0 Å². The molecule has 1 aromatic heterocycles. The quantitative estimate of drug-likeness (QED) is 0.849. The second-order valence-corrected chi connectivity index (χ2v) is 5.63. The smallest absolute Gasteiger partial charge is 0.142 e. The average Bonchev–Trinajstić information content (AvgIpc) is 2.91. The van der Waals surface area contributed by atoms with Crippen molar-refractivity contribution in [1.82, 2.24) is 14.9 Å². The number of aryl methyl sites for hydroxylation is 1. The van der Waals surface area contributed by atoms with Gasteiger partial charge in [-0.05, 0) is 13.0 Å². The van der Waals surface area contributed by atoms with E-state index >= 15 is 0 Å². The van der Waals surface area contributed by atoms with E-state index in [1.54, 1.807) is 0 Å². The standard InChI is InChI=1S/C16H22ClN3O/c1-4-20-11-18-9-14(20)10-21-16-13(8-19-12(2)3)6-5-7-15(16)17/h5-7,9,11-12,19H,4,8,10H2,1-3H3. The first-order chi connectivity index (χ1) is 10.1. The zero-order valence-corrected chi connectivity index (χ0v) is 13.5. The van der Waals surface area contributed by atoms with E-state index in [1.165, 1.54) is 0 Å². The fourth-order valence-electron chi connectivity index (χ4n) is 2.07. The fraction of sp³-hybridized carbons (Fsp3) is 0.438. The number of benzene rings is 1. The first kappa shape index (κ1) is 15.9. The third kappa shape index (κ3) is 4.22. The monoisotopic (exact) mass is 307 g/mol. The summed E-state index contributed by atoms with van der Waals surface area (Å²) in [5.74, 6) is 0.746. The molecule has 114 valence electrons. The Morgan fingerprint density at radius 3 is 2.90 bits per heavy atom. The van der Waals surface area contributed by atoms with Crippen molar-refractivity contribution in [1.29, 1.82) is 0 Å². The van der Waals surface area contributed by atoms with E-state index in [0.29, 0.717) is 17.7 Å².